The van der Waals surface area contributed by atoms with Gasteiger partial charge in [-0.15, -0.1) is 0 Å². The van der Waals surface area contributed by atoms with Crippen LogP contribution in [0.1, 0.15) is 33.4 Å². The largest absolute Gasteiger partial charge is 0.379 e. The maximum atomic E-state index is 13.0. The molecule has 6 nitrogen and oxygen atoms in total. The normalized spacial score (nSPS) is 15.9. The van der Waals surface area contributed by atoms with E-state index in [4.69, 9.17) is 4.74 Å². The number of amides is 1. The van der Waals surface area contributed by atoms with Gasteiger partial charge in [0.15, 0.2) is 0 Å². The van der Waals surface area contributed by atoms with Crippen molar-refractivity contribution in [2.24, 2.45) is 0 Å². The van der Waals surface area contributed by atoms with Crippen molar-refractivity contribution in [2.45, 2.75) is 19.9 Å². The minimum Gasteiger partial charge on any atom is -0.379 e. The summed E-state index contributed by atoms with van der Waals surface area (Å²) in [4.78, 5) is 24.5. The lowest BCUT2D eigenvalue weighted by molar-refractivity contribution is 0.0154. The number of pyridine rings is 2. The van der Waals surface area contributed by atoms with Crippen LogP contribution in [0.25, 0.3) is 10.9 Å². The molecule has 1 aromatic carbocycles. The molecular formula is C23H26N4O2. The Hall–Kier alpha value is -2.83. The predicted octanol–water partition coefficient (Wildman–Crippen LogP) is 3.05. The zero-order chi connectivity index (χ0) is 20.2. The van der Waals surface area contributed by atoms with Gasteiger partial charge in [0, 0.05) is 31.2 Å². The average Bonchev–Trinajstić information content (AvgIpc) is 2.75. The number of benzene rings is 1. The van der Waals surface area contributed by atoms with Gasteiger partial charge >= 0.3 is 0 Å². The average molecular weight is 390 g/mol. The van der Waals surface area contributed by atoms with Gasteiger partial charge in [0.05, 0.1) is 41.7 Å². The summed E-state index contributed by atoms with van der Waals surface area (Å²) in [5.41, 5.74) is 4.37. The van der Waals surface area contributed by atoms with E-state index in [0.29, 0.717) is 25.3 Å². The summed E-state index contributed by atoms with van der Waals surface area (Å²) >= 11 is 0. The lowest BCUT2D eigenvalue weighted by atomic mass is 10.1. The highest BCUT2D eigenvalue weighted by Crippen LogP contribution is 2.21. The van der Waals surface area contributed by atoms with Gasteiger partial charge in [-0.1, -0.05) is 24.3 Å². The number of morpholine rings is 1. The lowest BCUT2D eigenvalue weighted by Crippen LogP contribution is -2.44. The molecule has 0 saturated carbocycles. The third kappa shape index (κ3) is 4.28. The van der Waals surface area contributed by atoms with Crippen molar-refractivity contribution >= 4 is 16.8 Å². The summed E-state index contributed by atoms with van der Waals surface area (Å²) in [5.74, 6) is -0.104. The van der Waals surface area contributed by atoms with E-state index < -0.39 is 0 Å². The number of para-hydroxylation sites is 1. The summed E-state index contributed by atoms with van der Waals surface area (Å²) in [7, 11) is 0. The first-order valence-corrected chi connectivity index (χ1v) is 10.0. The molecule has 1 saturated heterocycles. The Morgan fingerprint density at radius 1 is 1.17 bits per heavy atom. The molecule has 1 fully saturated rings. The minimum atomic E-state index is -0.104. The fourth-order valence-corrected chi connectivity index (χ4v) is 3.84. The van der Waals surface area contributed by atoms with Gasteiger partial charge in [-0.2, -0.15) is 0 Å². The first kappa shape index (κ1) is 19.5. The van der Waals surface area contributed by atoms with Crippen LogP contribution in [0, 0.1) is 13.8 Å². The van der Waals surface area contributed by atoms with E-state index in [1.807, 2.05) is 56.3 Å². The summed E-state index contributed by atoms with van der Waals surface area (Å²) < 4.78 is 5.49. The van der Waals surface area contributed by atoms with Crippen LogP contribution >= 0.6 is 0 Å². The number of nitrogens with zero attached hydrogens (tertiary/aromatic N) is 3. The zero-order valence-corrected chi connectivity index (χ0v) is 16.9. The highest BCUT2D eigenvalue weighted by Gasteiger charge is 2.24. The van der Waals surface area contributed by atoms with Gasteiger partial charge in [0.2, 0.25) is 0 Å². The maximum absolute atomic E-state index is 13.0. The number of hydrogen-bond donors (Lipinski definition) is 1. The summed E-state index contributed by atoms with van der Waals surface area (Å²) in [5, 5.41) is 4.10. The standard InChI is InChI=1S/C23H26N4O2/c1-16-6-5-7-18-14-19(17(2)26-22(16)18)23(28)25-15-21(20-8-3-4-9-24-20)27-10-12-29-13-11-27/h3-9,14,21H,10-13,15H2,1-2H3,(H,25,28). The Bertz CT molecular complexity index is 1000. The van der Waals surface area contributed by atoms with Gasteiger partial charge in [0.25, 0.3) is 5.91 Å². The summed E-state index contributed by atoms with van der Waals surface area (Å²) in [6, 6.07) is 13.9. The number of aryl methyl sites for hydroxylation is 2. The topological polar surface area (TPSA) is 67.4 Å². The lowest BCUT2D eigenvalue weighted by Gasteiger charge is -2.34. The highest BCUT2D eigenvalue weighted by atomic mass is 16.5. The number of carbonyl (C=O) groups is 1. The SMILES string of the molecule is Cc1nc2c(C)cccc2cc1C(=O)NCC(c1ccccn1)N1CCOCC1. The van der Waals surface area contributed by atoms with Crippen molar-refractivity contribution in [3.63, 3.8) is 0 Å². The third-order valence-electron chi connectivity index (χ3n) is 5.45. The van der Waals surface area contributed by atoms with Crippen molar-refractivity contribution in [3.05, 3.63) is 71.2 Å². The molecule has 1 aliphatic heterocycles. The molecule has 2 aromatic heterocycles. The minimum absolute atomic E-state index is 0.0139. The van der Waals surface area contributed by atoms with Crippen molar-refractivity contribution in [2.75, 3.05) is 32.8 Å². The molecule has 0 bridgehead atoms. The van der Waals surface area contributed by atoms with E-state index in [1.165, 1.54) is 0 Å². The molecule has 1 atom stereocenters. The summed E-state index contributed by atoms with van der Waals surface area (Å²) in [6.45, 7) is 7.46. The van der Waals surface area contributed by atoms with E-state index in [0.717, 1.165) is 40.9 Å². The monoisotopic (exact) mass is 390 g/mol. The number of carbonyl (C=O) groups excluding carboxylic acids is 1. The Kier molecular flexibility index (Phi) is 5.83. The molecule has 0 aliphatic carbocycles. The number of rotatable bonds is 5. The van der Waals surface area contributed by atoms with E-state index in [-0.39, 0.29) is 11.9 Å². The van der Waals surface area contributed by atoms with Crippen molar-refractivity contribution in [3.8, 4) is 0 Å². The molecule has 3 aromatic rings. The molecule has 1 N–H and O–H groups in total. The molecule has 3 heterocycles. The van der Waals surface area contributed by atoms with Crippen LogP contribution in [0.3, 0.4) is 0 Å². The first-order valence-electron chi connectivity index (χ1n) is 10.0. The maximum Gasteiger partial charge on any atom is 0.253 e. The van der Waals surface area contributed by atoms with E-state index in [2.05, 4.69) is 20.2 Å². The Morgan fingerprint density at radius 3 is 2.76 bits per heavy atom. The number of hydrogen-bond acceptors (Lipinski definition) is 5. The quantitative estimate of drug-likeness (QED) is 0.725. The van der Waals surface area contributed by atoms with Crippen molar-refractivity contribution in [1.29, 1.82) is 0 Å². The molecular weight excluding hydrogens is 364 g/mol. The molecule has 1 unspecified atom stereocenters. The van der Waals surface area contributed by atoms with Crippen LogP contribution in [-0.2, 0) is 4.74 Å². The van der Waals surface area contributed by atoms with Gasteiger partial charge in [-0.05, 0) is 37.6 Å². The molecule has 6 heteroatoms. The Morgan fingerprint density at radius 2 is 2.00 bits per heavy atom. The van der Waals surface area contributed by atoms with Gasteiger partial charge in [-0.25, -0.2) is 0 Å². The molecule has 1 amide bonds. The molecule has 0 radical (unpaired) electrons. The highest BCUT2D eigenvalue weighted by molar-refractivity contribution is 5.99. The fourth-order valence-electron chi connectivity index (χ4n) is 3.84. The van der Waals surface area contributed by atoms with Gasteiger partial charge in [-0.3, -0.25) is 19.7 Å². The second kappa shape index (κ2) is 8.68. The fraction of sp³-hybridized carbons (Fsp3) is 0.348. The Labute approximate surface area is 170 Å². The number of aromatic nitrogens is 2. The van der Waals surface area contributed by atoms with Crippen LogP contribution in [-0.4, -0.2) is 53.6 Å². The third-order valence-corrected chi connectivity index (χ3v) is 5.45. The van der Waals surface area contributed by atoms with E-state index in [9.17, 15) is 4.79 Å². The smallest absolute Gasteiger partial charge is 0.253 e. The number of nitrogens with one attached hydrogen (secondary N) is 1. The molecule has 150 valence electrons. The van der Waals surface area contributed by atoms with Crippen LogP contribution in [0.4, 0.5) is 0 Å². The second-order valence-corrected chi connectivity index (χ2v) is 7.40. The van der Waals surface area contributed by atoms with E-state index in [1.54, 1.807) is 6.20 Å². The molecule has 1 aliphatic rings. The van der Waals surface area contributed by atoms with Crippen LogP contribution in [0.5, 0.6) is 0 Å². The first-order chi connectivity index (χ1) is 14.1. The van der Waals surface area contributed by atoms with Crippen LogP contribution in [0.2, 0.25) is 0 Å². The number of ether oxygens (including phenoxy) is 1. The molecule has 29 heavy (non-hydrogen) atoms. The van der Waals surface area contributed by atoms with Gasteiger partial charge in [0.1, 0.15) is 0 Å². The zero-order valence-electron chi connectivity index (χ0n) is 16.9. The molecule has 0 spiro atoms. The van der Waals surface area contributed by atoms with E-state index >= 15 is 0 Å². The second-order valence-electron chi connectivity index (χ2n) is 7.40. The van der Waals surface area contributed by atoms with Crippen molar-refractivity contribution < 1.29 is 9.53 Å². The molecule has 4 rings (SSSR count). The van der Waals surface area contributed by atoms with Crippen LogP contribution < -0.4 is 5.32 Å². The number of fused-ring (bicyclic) bond motifs is 1. The van der Waals surface area contributed by atoms with Crippen molar-refractivity contribution in [1.82, 2.24) is 20.2 Å². The van der Waals surface area contributed by atoms with Gasteiger partial charge < -0.3 is 10.1 Å². The predicted molar refractivity (Wildman–Crippen MR) is 113 cm³/mol. The summed E-state index contributed by atoms with van der Waals surface area (Å²) in [6.07, 6.45) is 1.80. The van der Waals surface area contributed by atoms with Crippen LogP contribution in [0.15, 0.2) is 48.7 Å². The Balaban J connectivity index is 1.55.